The minimum atomic E-state index is -1.25. The van der Waals surface area contributed by atoms with Crippen molar-refractivity contribution < 1.29 is 33.8 Å². The summed E-state index contributed by atoms with van der Waals surface area (Å²) in [5.74, 6) is -3.28. The summed E-state index contributed by atoms with van der Waals surface area (Å²) in [6.07, 6.45) is 5.76. The Morgan fingerprint density at radius 1 is 1.24 bits per heavy atom. The number of nitrogens with one attached hydrogen (secondary N) is 1. The molecule has 3 aliphatic rings. The van der Waals surface area contributed by atoms with Crippen molar-refractivity contribution in [2.75, 3.05) is 26.3 Å². The number of esters is 1. The molecule has 10 nitrogen and oxygen atoms in total. The Bertz CT molecular complexity index is 1240. The van der Waals surface area contributed by atoms with E-state index in [0.717, 1.165) is 18.4 Å². The molecule has 246 valence electrons. The number of ether oxygens (including phenoxy) is 2. The average Bonchev–Trinajstić information content (AvgIpc) is 3.64. The fourth-order valence-corrected chi connectivity index (χ4v) is 8.01. The van der Waals surface area contributed by atoms with E-state index in [1.807, 2.05) is 44.2 Å². The van der Waals surface area contributed by atoms with Crippen LogP contribution in [0.3, 0.4) is 0 Å². The van der Waals surface area contributed by atoms with Gasteiger partial charge in [-0.05, 0) is 31.2 Å². The van der Waals surface area contributed by atoms with Gasteiger partial charge in [-0.25, -0.2) is 0 Å². The molecule has 3 saturated heterocycles. The van der Waals surface area contributed by atoms with Gasteiger partial charge in [0.1, 0.15) is 18.2 Å². The van der Waals surface area contributed by atoms with E-state index in [-0.39, 0.29) is 36.3 Å². The van der Waals surface area contributed by atoms with Crippen molar-refractivity contribution in [3.8, 4) is 0 Å². The zero-order valence-electron chi connectivity index (χ0n) is 26.2. The number of aliphatic hydroxyl groups excluding tert-OH is 1. The number of carbonyl (C=O) groups is 4. The molecular formula is C34H46BrN3O7. The third kappa shape index (κ3) is 6.90. The number of hydrogen-bond donors (Lipinski definition) is 2. The first-order valence-electron chi connectivity index (χ1n) is 15.9. The van der Waals surface area contributed by atoms with Crippen LogP contribution in [0.4, 0.5) is 0 Å². The molecule has 0 aliphatic carbocycles. The van der Waals surface area contributed by atoms with Gasteiger partial charge in [0.25, 0.3) is 0 Å². The molecule has 45 heavy (non-hydrogen) atoms. The molecular weight excluding hydrogens is 642 g/mol. The van der Waals surface area contributed by atoms with Crippen LogP contribution in [0.2, 0.25) is 0 Å². The molecule has 3 amide bonds. The van der Waals surface area contributed by atoms with E-state index < -0.39 is 53.5 Å². The number of allylic oxidation sites excluding steroid dienone is 1. The standard InChI is InChI=1S/C34H46BrN3O7/c1-5-9-16-26(40)44-21-25(22-14-12-11-13-15-22)36-31(41)27-28-32(42)38(23(8-4)20-39)30(34(28)19-24(35)29(27)45-34)33(43)37(17-7-3)18-10-6-2/h5,7,11-15,23-25,27-30,39H,1,3,6,8-10,16-21H2,2,4H3,(H,36,41)/t23-,24?,25+,27-,28+,29-,30-,34+/m0/s1. The first-order valence-corrected chi connectivity index (χ1v) is 16.9. The predicted octanol–water partition coefficient (Wildman–Crippen LogP) is 3.69. The monoisotopic (exact) mass is 687 g/mol. The number of benzene rings is 1. The van der Waals surface area contributed by atoms with Crippen molar-refractivity contribution in [1.29, 1.82) is 0 Å². The maximum absolute atomic E-state index is 14.4. The van der Waals surface area contributed by atoms with Gasteiger partial charge in [0.2, 0.25) is 17.7 Å². The molecule has 1 aromatic rings. The van der Waals surface area contributed by atoms with Crippen LogP contribution in [0.5, 0.6) is 0 Å². The molecule has 1 spiro atoms. The SMILES string of the molecule is C=CCCC(=O)OC[C@@H](NC(=O)[C@@H]1[C@H]2O[C@@]3(CC2Br)[C@H](C(=O)N(CC=C)CCCC)N([C@@H](CC)CO)C(=O)[C@@H]13)c1ccccc1. The Hall–Kier alpha value is -3.02. The Morgan fingerprint density at radius 2 is 1.98 bits per heavy atom. The molecule has 1 unspecified atom stereocenters. The van der Waals surface area contributed by atoms with Gasteiger partial charge in [0.15, 0.2) is 0 Å². The minimum absolute atomic E-state index is 0.0882. The molecule has 3 fully saturated rings. The molecule has 2 N–H and O–H groups in total. The van der Waals surface area contributed by atoms with Gasteiger partial charge in [-0.15, -0.1) is 13.2 Å². The largest absolute Gasteiger partial charge is 0.463 e. The van der Waals surface area contributed by atoms with Crippen LogP contribution in [-0.4, -0.2) is 93.5 Å². The Morgan fingerprint density at radius 3 is 2.60 bits per heavy atom. The zero-order valence-corrected chi connectivity index (χ0v) is 27.8. The lowest BCUT2D eigenvalue weighted by atomic mass is 9.70. The fraction of sp³-hybridized carbons (Fsp3) is 0.588. The second-order valence-corrected chi connectivity index (χ2v) is 13.2. The molecule has 3 heterocycles. The third-order valence-electron chi connectivity index (χ3n) is 9.26. The molecule has 4 rings (SSSR count). The lowest BCUT2D eigenvalue weighted by Crippen LogP contribution is -2.59. The van der Waals surface area contributed by atoms with Gasteiger partial charge >= 0.3 is 5.97 Å². The molecule has 0 aromatic heterocycles. The van der Waals surface area contributed by atoms with Gasteiger partial charge in [-0.3, -0.25) is 19.2 Å². The Balaban J connectivity index is 1.68. The van der Waals surface area contributed by atoms with Crippen LogP contribution in [0.25, 0.3) is 0 Å². The van der Waals surface area contributed by atoms with Crippen molar-refractivity contribution in [1.82, 2.24) is 15.1 Å². The maximum Gasteiger partial charge on any atom is 0.306 e. The second kappa shape index (κ2) is 15.5. The Kier molecular flexibility index (Phi) is 12.0. The van der Waals surface area contributed by atoms with E-state index in [4.69, 9.17) is 9.47 Å². The predicted molar refractivity (Wildman–Crippen MR) is 173 cm³/mol. The van der Waals surface area contributed by atoms with E-state index in [1.54, 1.807) is 17.1 Å². The molecule has 1 aromatic carbocycles. The number of nitrogens with zero attached hydrogens (tertiary/aromatic N) is 2. The quantitative estimate of drug-likeness (QED) is 0.145. The van der Waals surface area contributed by atoms with Crippen LogP contribution in [0.15, 0.2) is 55.6 Å². The summed E-state index contributed by atoms with van der Waals surface area (Å²) in [6.45, 7) is 11.8. The van der Waals surface area contributed by atoms with E-state index in [0.29, 0.717) is 32.4 Å². The first-order chi connectivity index (χ1) is 21.7. The van der Waals surface area contributed by atoms with Crippen LogP contribution in [-0.2, 0) is 28.7 Å². The summed E-state index contributed by atoms with van der Waals surface area (Å²) in [5.41, 5.74) is -0.505. The molecule has 0 saturated carbocycles. The van der Waals surface area contributed by atoms with E-state index in [9.17, 15) is 24.3 Å². The highest BCUT2D eigenvalue weighted by Crippen LogP contribution is 2.60. The van der Waals surface area contributed by atoms with E-state index in [2.05, 4.69) is 34.4 Å². The van der Waals surface area contributed by atoms with E-state index >= 15 is 0 Å². The van der Waals surface area contributed by atoms with Crippen molar-refractivity contribution in [2.45, 2.75) is 87.0 Å². The molecule has 11 heteroatoms. The van der Waals surface area contributed by atoms with Gasteiger partial charge in [0, 0.05) is 24.3 Å². The third-order valence-corrected chi connectivity index (χ3v) is 10.1. The van der Waals surface area contributed by atoms with Crippen molar-refractivity contribution in [3.63, 3.8) is 0 Å². The van der Waals surface area contributed by atoms with Gasteiger partial charge in [-0.1, -0.05) is 78.7 Å². The maximum atomic E-state index is 14.4. The Labute approximate surface area is 274 Å². The number of likely N-dealkylation sites (tertiary alicyclic amines) is 1. The first kappa shape index (κ1) is 34.8. The summed E-state index contributed by atoms with van der Waals surface area (Å²) in [5, 5.41) is 13.4. The second-order valence-electron chi connectivity index (χ2n) is 12.1. The summed E-state index contributed by atoms with van der Waals surface area (Å²) < 4.78 is 12.2. The lowest BCUT2D eigenvalue weighted by Gasteiger charge is -2.39. The summed E-state index contributed by atoms with van der Waals surface area (Å²) in [6, 6.07) is 6.91. The number of aliphatic hydroxyl groups is 1. The highest BCUT2D eigenvalue weighted by Gasteiger charge is 2.77. The number of alkyl halides is 1. The molecule has 8 atom stereocenters. The lowest BCUT2D eigenvalue weighted by molar-refractivity contribution is -0.151. The van der Waals surface area contributed by atoms with Crippen LogP contribution in [0.1, 0.15) is 64.0 Å². The van der Waals surface area contributed by atoms with Crippen LogP contribution in [0, 0.1) is 11.8 Å². The average molecular weight is 689 g/mol. The van der Waals surface area contributed by atoms with Crippen LogP contribution >= 0.6 is 15.9 Å². The normalized spacial score (nSPS) is 27.9. The van der Waals surface area contributed by atoms with E-state index in [1.165, 1.54) is 4.90 Å². The summed E-state index contributed by atoms with van der Waals surface area (Å²) in [4.78, 5) is 58.3. The van der Waals surface area contributed by atoms with Crippen molar-refractivity contribution in [2.24, 2.45) is 11.8 Å². The smallest absolute Gasteiger partial charge is 0.306 e. The minimum Gasteiger partial charge on any atom is -0.463 e. The number of rotatable bonds is 17. The van der Waals surface area contributed by atoms with Gasteiger partial charge < -0.3 is 29.7 Å². The number of fused-ring (bicyclic) bond motifs is 1. The van der Waals surface area contributed by atoms with Gasteiger partial charge in [0.05, 0.1) is 36.6 Å². The van der Waals surface area contributed by atoms with Crippen LogP contribution < -0.4 is 5.32 Å². The topological polar surface area (TPSA) is 125 Å². The summed E-state index contributed by atoms with van der Waals surface area (Å²) >= 11 is 3.72. The van der Waals surface area contributed by atoms with Gasteiger partial charge in [-0.2, -0.15) is 0 Å². The van der Waals surface area contributed by atoms with Crippen molar-refractivity contribution >= 4 is 39.6 Å². The molecule has 2 bridgehead atoms. The summed E-state index contributed by atoms with van der Waals surface area (Å²) in [7, 11) is 0. The highest BCUT2D eigenvalue weighted by atomic mass is 79.9. The number of carbonyl (C=O) groups excluding carboxylic acids is 4. The number of unbranched alkanes of at least 4 members (excludes halogenated alkanes) is 1. The fourth-order valence-electron chi connectivity index (χ4n) is 7.07. The molecule has 0 radical (unpaired) electrons. The number of amides is 3. The number of hydrogen-bond acceptors (Lipinski definition) is 7. The zero-order chi connectivity index (χ0) is 32.7. The highest BCUT2D eigenvalue weighted by molar-refractivity contribution is 9.09. The molecule has 3 aliphatic heterocycles. The van der Waals surface area contributed by atoms with Crippen molar-refractivity contribution in [3.05, 3.63) is 61.2 Å². The number of halogens is 1.